The third-order valence-corrected chi connectivity index (χ3v) is 3.35. The van der Waals surface area contributed by atoms with E-state index >= 15 is 0 Å². The maximum absolute atomic E-state index is 5.97. The molecule has 0 radical (unpaired) electrons. The molecule has 0 bridgehead atoms. The van der Waals surface area contributed by atoms with Gasteiger partial charge in [0.1, 0.15) is 5.69 Å². The number of hydrogen-bond acceptors (Lipinski definition) is 2. The molecule has 0 aliphatic heterocycles. The lowest BCUT2D eigenvalue weighted by atomic mass is 9.87. The van der Waals surface area contributed by atoms with Crippen LogP contribution in [0.5, 0.6) is 0 Å². The van der Waals surface area contributed by atoms with E-state index < -0.39 is 0 Å². The van der Waals surface area contributed by atoms with E-state index in [9.17, 15) is 0 Å². The molecule has 1 aromatic heterocycles. The van der Waals surface area contributed by atoms with Gasteiger partial charge in [-0.15, -0.1) is 16.7 Å². The van der Waals surface area contributed by atoms with Crippen molar-refractivity contribution in [3.05, 3.63) is 47.3 Å². The third-order valence-electron chi connectivity index (χ3n) is 3.13. The molecule has 1 heterocycles. The first-order valence-corrected chi connectivity index (χ1v) is 6.93. The third kappa shape index (κ3) is 3.57. The summed E-state index contributed by atoms with van der Waals surface area (Å²) in [5, 5.41) is 8.04. The Labute approximate surface area is 119 Å². The number of benzene rings is 1. The van der Waals surface area contributed by atoms with Crippen molar-refractivity contribution >= 4 is 11.6 Å². The summed E-state index contributed by atoms with van der Waals surface area (Å²) in [6.07, 6.45) is 1.90. The average Bonchev–Trinajstić information content (AvgIpc) is 2.77. The van der Waals surface area contributed by atoms with Gasteiger partial charge in [-0.2, -0.15) is 0 Å². The maximum Gasteiger partial charge on any atom is 0.100 e. The molecule has 3 nitrogen and oxygen atoms in total. The molecule has 0 spiro atoms. The van der Waals surface area contributed by atoms with Crippen LogP contribution in [0.3, 0.4) is 0 Å². The first kappa shape index (κ1) is 14.1. The molecule has 0 N–H and O–H groups in total. The van der Waals surface area contributed by atoms with Crippen LogP contribution in [0.15, 0.2) is 30.5 Å². The van der Waals surface area contributed by atoms with Crippen LogP contribution in [0.25, 0.3) is 0 Å². The van der Waals surface area contributed by atoms with Crippen LogP contribution in [0, 0.1) is 0 Å². The first-order chi connectivity index (χ1) is 8.86. The Morgan fingerprint density at radius 2 is 1.84 bits per heavy atom. The molecule has 19 heavy (non-hydrogen) atoms. The minimum absolute atomic E-state index is 0.1000. The number of rotatable bonds is 3. The maximum atomic E-state index is 5.97. The van der Waals surface area contributed by atoms with Crippen molar-refractivity contribution < 1.29 is 0 Å². The van der Waals surface area contributed by atoms with Crippen molar-refractivity contribution in [1.29, 1.82) is 0 Å². The Bertz CT molecular complexity index is 535. The summed E-state index contributed by atoms with van der Waals surface area (Å²) in [5.41, 5.74) is 3.55. The second kappa shape index (κ2) is 5.33. The van der Waals surface area contributed by atoms with Gasteiger partial charge < -0.3 is 0 Å². The molecule has 1 aromatic carbocycles. The zero-order chi connectivity index (χ0) is 14.0. The molecule has 102 valence electrons. The Balaban J connectivity index is 2.11. The number of aromatic nitrogens is 3. The van der Waals surface area contributed by atoms with Crippen LogP contribution in [-0.4, -0.2) is 15.0 Å². The molecular weight excluding hydrogens is 258 g/mol. The zero-order valence-corrected chi connectivity index (χ0v) is 12.6. The topological polar surface area (TPSA) is 30.7 Å². The molecule has 0 amide bonds. The van der Waals surface area contributed by atoms with Crippen molar-refractivity contribution in [2.75, 3.05) is 0 Å². The van der Waals surface area contributed by atoms with Crippen LogP contribution in [0.4, 0.5) is 0 Å². The summed E-state index contributed by atoms with van der Waals surface area (Å²) in [5.74, 6) is 0. The monoisotopic (exact) mass is 277 g/mol. The van der Waals surface area contributed by atoms with Crippen LogP contribution in [0.1, 0.15) is 49.9 Å². The summed E-state index contributed by atoms with van der Waals surface area (Å²) in [4.78, 5) is 0. The predicted molar refractivity (Wildman–Crippen MR) is 78.5 cm³/mol. The Hall–Kier alpha value is -1.35. The standard InChI is InChI=1S/C15H20ClN3/c1-11(16)14-10-19(18-17-14)9-12-5-7-13(8-6-12)15(2,3)4/h5-8,10-11H,9H2,1-4H3. The molecule has 0 aliphatic carbocycles. The molecule has 0 aliphatic rings. The van der Waals surface area contributed by atoms with Gasteiger partial charge in [-0.05, 0) is 23.5 Å². The van der Waals surface area contributed by atoms with Gasteiger partial charge in [0.25, 0.3) is 0 Å². The average molecular weight is 278 g/mol. The SMILES string of the molecule is CC(Cl)c1cn(Cc2ccc(C(C)(C)C)cc2)nn1. The zero-order valence-electron chi connectivity index (χ0n) is 11.9. The molecule has 2 aromatic rings. The van der Waals surface area contributed by atoms with E-state index in [4.69, 9.17) is 11.6 Å². The second-order valence-corrected chi connectivity index (χ2v) is 6.56. The molecule has 1 atom stereocenters. The minimum atomic E-state index is -0.1000. The first-order valence-electron chi connectivity index (χ1n) is 6.50. The highest BCUT2D eigenvalue weighted by molar-refractivity contribution is 6.20. The summed E-state index contributed by atoms with van der Waals surface area (Å²) >= 11 is 5.97. The number of alkyl halides is 1. The highest BCUT2D eigenvalue weighted by atomic mass is 35.5. The van der Waals surface area contributed by atoms with Gasteiger partial charge in [0, 0.05) is 0 Å². The van der Waals surface area contributed by atoms with E-state index in [1.54, 1.807) is 0 Å². The predicted octanol–water partition coefficient (Wildman–Crippen LogP) is 3.92. The van der Waals surface area contributed by atoms with Crippen molar-refractivity contribution in [2.45, 2.75) is 45.0 Å². The van der Waals surface area contributed by atoms with Gasteiger partial charge in [0.2, 0.25) is 0 Å². The van der Waals surface area contributed by atoms with Crippen molar-refractivity contribution in [2.24, 2.45) is 0 Å². The van der Waals surface area contributed by atoms with Gasteiger partial charge in [0.15, 0.2) is 0 Å². The van der Waals surface area contributed by atoms with Crippen molar-refractivity contribution in [3.8, 4) is 0 Å². The van der Waals surface area contributed by atoms with Crippen LogP contribution < -0.4 is 0 Å². The fourth-order valence-corrected chi connectivity index (χ4v) is 1.97. The summed E-state index contributed by atoms with van der Waals surface area (Å²) in [7, 11) is 0. The second-order valence-electron chi connectivity index (χ2n) is 5.90. The largest absolute Gasteiger partial charge is 0.248 e. The van der Waals surface area contributed by atoms with Gasteiger partial charge >= 0.3 is 0 Å². The van der Waals surface area contributed by atoms with Crippen LogP contribution in [-0.2, 0) is 12.0 Å². The van der Waals surface area contributed by atoms with E-state index in [0.29, 0.717) is 0 Å². The highest BCUT2D eigenvalue weighted by Crippen LogP contribution is 2.22. The van der Waals surface area contributed by atoms with Gasteiger partial charge in [-0.1, -0.05) is 50.3 Å². The molecule has 0 saturated heterocycles. The van der Waals surface area contributed by atoms with Gasteiger partial charge in [0.05, 0.1) is 18.1 Å². The number of hydrogen-bond donors (Lipinski definition) is 0. The fourth-order valence-electron chi connectivity index (χ4n) is 1.87. The molecule has 0 saturated carbocycles. The normalized spacial score (nSPS) is 13.5. The van der Waals surface area contributed by atoms with Gasteiger partial charge in [-0.3, -0.25) is 0 Å². The van der Waals surface area contributed by atoms with E-state index in [0.717, 1.165) is 12.2 Å². The Kier molecular flexibility index (Phi) is 3.95. The fraction of sp³-hybridized carbons (Fsp3) is 0.467. The van der Waals surface area contributed by atoms with Crippen molar-refractivity contribution in [1.82, 2.24) is 15.0 Å². The number of nitrogens with zero attached hydrogens (tertiary/aromatic N) is 3. The smallest absolute Gasteiger partial charge is 0.100 e. The lowest BCUT2D eigenvalue weighted by molar-refractivity contribution is 0.589. The minimum Gasteiger partial charge on any atom is -0.248 e. The van der Waals surface area contributed by atoms with E-state index in [1.807, 2.05) is 17.8 Å². The lowest BCUT2D eigenvalue weighted by Crippen LogP contribution is -2.11. The summed E-state index contributed by atoms with van der Waals surface area (Å²) in [6.45, 7) is 9.27. The molecule has 0 fully saturated rings. The number of halogens is 1. The van der Waals surface area contributed by atoms with Crippen molar-refractivity contribution in [3.63, 3.8) is 0 Å². The van der Waals surface area contributed by atoms with Gasteiger partial charge in [-0.25, -0.2) is 4.68 Å². The summed E-state index contributed by atoms with van der Waals surface area (Å²) in [6, 6.07) is 8.65. The van der Waals surface area contributed by atoms with E-state index in [2.05, 4.69) is 55.3 Å². The molecule has 4 heteroatoms. The quantitative estimate of drug-likeness (QED) is 0.796. The Morgan fingerprint density at radius 3 is 2.32 bits per heavy atom. The summed E-state index contributed by atoms with van der Waals surface area (Å²) < 4.78 is 1.82. The van der Waals surface area contributed by atoms with E-state index in [1.165, 1.54) is 11.1 Å². The molecule has 2 rings (SSSR count). The van der Waals surface area contributed by atoms with E-state index in [-0.39, 0.29) is 10.8 Å². The molecular formula is C15H20ClN3. The van der Waals surface area contributed by atoms with Crippen LogP contribution >= 0.6 is 11.6 Å². The Morgan fingerprint density at radius 1 is 1.21 bits per heavy atom. The van der Waals surface area contributed by atoms with Crippen LogP contribution in [0.2, 0.25) is 0 Å². The highest BCUT2D eigenvalue weighted by Gasteiger charge is 2.13. The lowest BCUT2D eigenvalue weighted by Gasteiger charge is -2.19. The molecule has 1 unspecified atom stereocenters.